The van der Waals surface area contributed by atoms with Gasteiger partial charge in [0.05, 0.1) is 4.90 Å². The van der Waals surface area contributed by atoms with E-state index in [0.717, 1.165) is 22.9 Å². The molecule has 2 aromatic carbocycles. The molecule has 2 heterocycles. The molecule has 1 N–H and O–H groups in total. The number of halogens is 1. The molecule has 7 nitrogen and oxygen atoms in total. The van der Waals surface area contributed by atoms with Gasteiger partial charge in [0.2, 0.25) is 15.9 Å². The predicted molar refractivity (Wildman–Crippen MR) is 115 cm³/mol. The molecule has 1 unspecified atom stereocenters. The predicted octanol–water partition coefficient (Wildman–Crippen LogP) is 3.08. The smallest absolute Gasteiger partial charge is 0.243 e. The van der Waals surface area contributed by atoms with E-state index in [1.807, 2.05) is 18.2 Å². The Morgan fingerprint density at radius 3 is 2.57 bits per heavy atom. The van der Waals surface area contributed by atoms with E-state index in [2.05, 4.69) is 21.2 Å². The highest BCUT2D eigenvalue weighted by atomic mass is 79.9. The van der Waals surface area contributed by atoms with E-state index in [1.54, 1.807) is 24.3 Å². The van der Waals surface area contributed by atoms with Crippen LogP contribution < -0.4 is 14.8 Å². The van der Waals surface area contributed by atoms with Gasteiger partial charge >= 0.3 is 0 Å². The molecule has 0 aromatic heterocycles. The zero-order valence-corrected chi connectivity index (χ0v) is 18.7. The van der Waals surface area contributed by atoms with E-state index in [4.69, 9.17) is 9.47 Å². The Balaban J connectivity index is 1.47. The third-order valence-corrected chi connectivity index (χ3v) is 7.70. The zero-order valence-electron chi connectivity index (χ0n) is 16.3. The number of piperidine rings is 1. The molecule has 1 saturated heterocycles. The summed E-state index contributed by atoms with van der Waals surface area (Å²) in [4.78, 5) is 13.1. The number of fused-ring (bicyclic) bond motifs is 1. The molecule has 30 heavy (non-hydrogen) atoms. The molecule has 2 aliphatic heterocycles. The minimum Gasteiger partial charge on any atom is -0.486 e. The van der Waals surface area contributed by atoms with Crippen molar-refractivity contribution in [1.82, 2.24) is 9.62 Å². The van der Waals surface area contributed by atoms with Gasteiger partial charge in [0.15, 0.2) is 11.5 Å². The average Bonchev–Trinajstić information content (AvgIpc) is 2.77. The lowest BCUT2D eigenvalue weighted by atomic mass is 10.0. The molecule has 0 bridgehead atoms. The summed E-state index contributed by atoms with van der Waals surface area (Å²) in [7, 11) is -3.75. The minimum atomic E-state index is -3.75. The van der Waals surface area contributed by atoms with Crippen molar-refractivity contribution >= 4 is 31.9 Å². The minimum absolute atomic E-state index is 0.192. The Bertz CT molecular complexity index is 1030. The highest BCUT2D eigenvalue weighted by Crippen LogP contribution is 2.31. The summed E-state index contributed by atoms with van der Waals surface area (Å²) < 4.78 is 39.5. The molecule has 9 heteroatoms. The first-order valence-corrected chi connectivity index (χ1v) is 12.1. The maximum atomic E-state index is 13.1. The zero-order chi connectivity index (χ0) is 21.1. The fourth-order valence-electron chi connectivity index (χ4n) is 3.70. The van der Waals surface area contributed by atoms with Crippen LogP contribution in [0.15, 0.2) is 51.8 Å². The van der Waals surface area contributed by atoms with Gasteiger partial charge in [-0.3, -0.25) is 4.79 Å². The number of nitrogens with zero attached hydrogens (tertiary/aromatic N) is 1. The lowest BCUT2D eigenvalue weighted by molar-refractivity contribution is -0.125. The van der Waals surface area contributed by atoms with Crippen LogP contribution in [0.3, 0.4) is 0 Å². The Hall–Kier alpha value is -2.10. The van der Waals surface area contributed by atoms with Gasteiger partial charge in [-0.25, -0.2) is 8.42 Å². The first-order chi connectivity index (χ1) is 14.4. The second-order valence-electron chi connectivity index (χ2n) is 7.28. The summed E-state index contributed by atoms with van der Waals surface area (Å²) in [6, 6.07) is 11.3. The maximum Gasteiger partial charge on any atom is 0.243 e. The van der Waals surface area contributed by atoms with Crippen molar-refractivity contribution in [1.29, 1.82) is 0 Å². The highest BCUT2D eigenvalue weighted by molar-refractivity contribution is 9.10. The summed E-state index contributed by atoms with van der Waals surface area (Å²) in [5.41, 5.74) is 0.866. The van der Waals surface area contributed by atoms with E-state index in [0.29, 0.717) is 37.7 Å². The second-order valence-corrected chi connectivity index (χ2v) is 10.1. The van der Waals surface area contributed by atoms with Crippen molar-refractivity contribution in [3.8, 4) is 11.5 Å². The summed E-state index contributed by atoms with van der Waals surface area (Å²) in [6.07, 6.45) is 2.05. The van der Waals surface area contributed by atoms with E-state index < -0.39 is 16.1 Å². The van der Waals surface area contributed by atoms with Crippen LogP contribution in [0.5, 0.6) is 11.5 Å². The Morgan fingerprint density at radius 2 is 1.80 bits per heavy atom. The van der Waals surface area contributed by atoms with Crippen LogP contribution in [0, 0.1) is 0 Å². The van der Waals surface area contributed by atoms with Gasteiger partial charge < -0.3 is 14.8 Å². The van der Waals surface area contributed by atoms with Gasteiger partial charge in [-0.1, -0.05) is 28.4 Å². The van der Waals surface area contributed by atoms with Gasteiger partial charge in [-0.05, 0) is 54.8 Å². The molecular formula is C21H23BrN2O5S. The number of carbonyl (C=O) groups is 1. The van der Waals surface area contributed by atoms with Crippen LogP contribution in [-0.4, -0.2) is 44.4 Å². The van der Waals surface area contributed by atoms with Crippen LogP contribution in [0.4, 0.5) is 0 Å². The number of ether oxygens (including phenoxy) is 2. The van der Waals surface area contributed by atoms with E-state index in [9.17, 15) is 13.2 Å². The fourth-order valence-corrected chi connectivity index (χ4v) is 5.62. The monoisotopic (exact) mass is 494 g/mol. The van der Waals surface area contributed by atoms with Gasteiger partial charge in [-0.2, -0.15) is 4.31 Å². The van der Waals surface area contributed by atoms with E-state index in [-0.39, 0.29) is 17.3 Å². The number of hydrogen-bond acceptors (Lipinski definition) is 5. The van der Waals surface area contributed by atoms with Crippen LogP contribution in [0.2, 0.25) is 0 Å². The van der Waals surface area contributed by atoms with Crippen LogP contribution in [-0.2, 0) is 21.4 Å². The number of benzene rings is 2. The summed E-state index contributed by atoms with van der Waals surface area (Å²) in [5.74, 6) is 1.06. The Morgan fingerprint density at radius 1 is 1.07 bits per heavy atom. The van der Waals surface area contributed by atoms with Gasteiger partial charge in [0, 0.05) is 17.6 Å². The Kier molecular flexibility index (Phi) is 6.31. The van der Waals surface area contributed by atoms with Crippen molar-refractivity contribution in [3.05, 3.63) is 52.5 Å². The molecule has 2 aromatic rings. The van der Waals surface area contributed by atoms with Gasteiger partial charge in [-0.15, -0.1) is 0 Å². The molecule has 0 radical (unpaired) electrons. The number of nitrogens with one attached hydrogen (secondary N) is 1. The first kappa shape index (κ1) is 21.1. The third kappa shape index (κ3) is 4.48. The number of sulfonamides is 1. The molecule has 2 aliphatic rings. The van der Waals surface area contributed by atoms with Crippen molar-refractivity contribution < 1.29 is 22.7 Å². The van der Waals surface area contributed by atoms with Crippen LogP contribution in [0.25, 0.3) is 0 Å². The van der Waals surface area contributed by atoms with Crippen LogP contribution in [0.1, 0.15) is 24.8 Å². The molecule has 0 saturated carbocycles. The third-order valence-electron chi connectivity index (χ3n) is 5.25. The number of rotatable bonds is 5. The molecule has 0 spiro atoms. The highest BCUT2D eigenvalue weighted by Gasteiger charge is 2.37. The standard InChI is InChI=1S/C21H23BrN2O5S/c22-16-5-7-17(8-6-16)30(26,27)24-10-2-1-3-18(24)21(25)23-14-15-4-9-19-20(13-15)29-12-11-28-19/h4-9,13,18H,1-3,10-12,14H2,(H,23,25). The molecule has 1 atom stereocenters. The van der Waals surface area contributed by atoms with Crippen LogP contribution >= 0.6 is 15.9 Å². The van der Waals surface area contributed by atoms with Crippen molar-refractivity contribution in [2.45, 2.75) is 36.7 Å². The SMILES string of the molecule is O=C(NCc1ccc2c(c1)OCCO2)C1CCCCN1S(=O)(=O)c1ccc(Br)cc1. The van der Waals surface area contributed by atoms with Gasteiger partial charge in [0.1, 0.15) is 19.3 Å². The summed E-state index contributed by atoms with van der Waals surface area (Å²) in [5, 5.41) is 2.89. The maximum absolute atomic E-state index is 13.1. The van der Waals surface area contributed by atoms with Gasteiger partial charge in [0.25, 0.3) is 0 Å². The quantitative estimate of drug-likeness (QED) is 0.690. The second kappa shape index (κ2) is 8.95. The lowest BCUT2D eigenvalue weighted by Gasteiger charge is -2.33. The van der Waals surface area contributed by atoms with Crippen molar-refractivity contribution in [3.63, 3.8) is 0 Å². The Labute approximate surface area is 184 Å². The first-order valence-electron chi connectivity index (χ1n) is 9.89. The van der Waals surface area contributed by atoms with Crippen molar-refractivity contribution in [2.75, 3.05) is 19.8 Å². The number of amides is 1. The molecule has 4 rings (SSSR count). The summed E-state index contributed by atoms with van der Waals surface area (Å²) >= 11 is 3.32. The molecular weight excluding hydrogens is 472 g/mol. The van der Waals surface area contributed by atoms with E-state index >= 15 is 0 Å². The number of hydrogen-bond donors (Lipinski definition) is 1. The summed E-state index contributed by atoms with van der Waals surface area (Å²) in [6.45, 7) is 1.64. The lowest BCUT2D eigenvalue weighted by Crippen LogP contribution is -2.51. The average molecular weight is 495 g/mol. The topological polar surface area (TPSA) is 84.9 Å². The number of carbonyl (C=O) groups excluding carboxylic acids is 1. The molecule has 0 aliphatic carbocycles. The van der Waals surface area contributed by atoms with E-state index in [1.165, 1.54) is 4.31 Å². The molecule has 1 amide bonds. The largest absolute Gasteiger partial charge is 0.486 e. The fraction of sp³-hybridized carbons (Fsp3) is 0.381. The molecule has 1 fully saturated rings. The van der Waals surface area contributed by atoms with Crippen molar-refractivity contribution in [2.24, 2.45) is 0 Å². The molecule has 160 valence electrons. The normalized spacial score (nSPS) is 19.3.